The van der Waals surface area contributed by atoms with Crippen LogP contribution in [0.4, 0.5) is 17.3 Å². The van der Waals surface area contributed by atoms with Gasteiger partial charge in [-0.25, -0.2) is 9.97 Å². The normalized spacial score (nSPS) is 18.0. The first-order valence-corrected chi connectivity index (χ1v) is 13.5. The monoisotopic (exact) mass is 536 g/mol. The Labute approximate surface area is 227 Å². The Hall–Kier alpha value is -2.84. The lowest BCUT2D eigenvalue weighted by Gasteiger charge is -2.42. The van der Waals surface area contributed by atoms with Crippen molar-refractivity contribution in [1.82, 2.24) is 19.8 Å². The molecule has 9 heteroatoms. The molecule has 192 valence electrons. The highest BCUT2D eigenvalue weighted by Crippen LogP contribution is 2.35. The molecule has 0 spiro atoms. The highest BCUT2D eigenvalue weighted by molar-refractivity contribution is 6.34. The molecule has 7 nitrogen and oxygen atoms in total. The molecule has 4 heterocycles. The summed E-state index contributed by atoms with van der Waals surface area (Å²) in [5.74, 6) is 0.446. The molecule has 0 saturated carbocycles. The van der Waals surface area contributed by atoms with Crippen molar-refractivity contribution in [1.29, 1.82) is 0 Å². The molecule has 2 fully saturated rings. The van der Waals surface area contributed by atoms with Crippen molar-refractivity contribution in [3.63, 3.8) is 0 Å². The summed E-state index contributed by atoms with van der Waals surface area (Å²) >= 11 is 13.2. The third-order valence-corrected chi connectivity index (χ3v) is 8.12. The van der Waals surface area contributed by atoms with Crippen molar-refractivity contribution in [2.75, 3.05) is 56.5 Å². The minimum atomic E-state index is 0.446. The molecule has 2 aliphatic heterocycles. The van der Waals surface area contributed by atoms with Crippen molar-refractivity contribution in [2.24, 2.45) is 0 Å². The van der Waals surface area contributed by atoms with Crippen molar-refractivity contribution in [3.8, 4) is 11.3 Å². The number of aromatic nitrogens is 2. The molecule has 2 aromatic heterocycles. The van der Waals surface area contributed by atoms with Gasteiger partial charge in [-0.3, -0.25) is 4.90 Å². The number of furan rings is 1. The zero-order valence-electron chi connectivity index (χ0n) is 20.8. The van der Waals surface area contributed by atoms with E-state index in [2.05, 4.69) is 43.1 Å². The molecular formula is C28H30Cl2N6O. The molecule has 0 radical (unpaired) electrons. The van der Waals surface area contributed by atoms with Crippen LogP contribution in [0, 0.1) is 0 Å². The standard InChI is InChI=1S/C28H30Cl2N6O/c1-34-12-14-35(15-13-34)20-8-10-36(11-9-20)25-7-6-19(16-23(25)29)32-28-31-17-24(30)27(33-28)22-18-37-26-5-3-2-4-21(22)26/h2-7,16-18,20H,8-15H2,1H3,(H,31,32,33). The molecule has 6 rings (SSSR count). The fourth-order valence-electron chi connectivity index (χ4n) is 5.41. The van der Waals surface area contributed by atoms with Gasteiger partial charge in [-0.2, -0.15) is 0 Å². The van der Waals surface area contributed by atoms with E-state index in [0.29, 0.717) is 22.7 Å². The molecule has 0 atom stereocenters. The maximum absolute atomic E-state index is 6.76. The second kappa shape index (κ2) is 10.5. The van der Waals surface area contributed by atoms with Gasteiger partial charge in [-0.05, 0) is 44.2 Å². The molecule has 1 N–H and O–H groups in total. The maximum atomic E-state index is 6.76. The minimum absolute atomic E-state index is 0.446. The molecule has 2 saturated heterocycles. The first-order valence-electron chi connectivity index (χ1n) is 12.8. The van der Waals surface area contributed by atoms with Crippen molar-refractivity contribution in [2.45, 2.75) is 18.9 Å². The highest BCUT2D eigenvalue weighted by Gasteiger charge is 2.27. The molecular weight excluding hydrogens is 507 g/mol. The summed E-state index contributed by atoms with van der Waals surface area (Å²) in [4.78, 5) is 16.5. The van der Waals surface area contributed by atoms with Gasteiger partial charge in [0, 0.05) is 61.9 Å². The lowest BCUT2D eigenvalue weighted by atomic mass is 10.0. The number of rotatable bonds is 5. The van der Waals surface area contributed by atoms with Crippen molar-refractivity contribution < 1.29 is 4.42 Å². The van der Waals surface area contributed by atoms with E-state index in [0.717, 1.165) is 59.1 Å². The Kier molecular flexibility index (Phi) is 6.95. The van der Waals surface area contributed by atoms with Gasteiger partial charge in [0.25, 0.3) is 0 Å². The molecule has 2 aromatic carbocycles. The largest absolute Gasteiger partial charge is 0.464 e. The zero-order valence-corrected chi connectivity index (χ0v) is 22.3. The number of fused-ring (bicyclic) bond motifs is 1. The van der Waals surface area contributed by atoms with Gasteiger partial charge in [0.15, 0.2) is 0 Å². The first-order chi connectivity index (χ1) is 18.0. The molecule has 0 unspecified atom stereocenters. The summed E-state index contributed by atoms with van der Waals surface area (Å²) in [6, 6.07) is 14.5. The second-order valence-corrected chi connectivity index (χ2v) is 10.7. The summed E-state index contributed by atoms with van der Waals surface area (Å²) in [7, 11) is 2.21. The van der Waals surface area contributed by atoms with Crippen LogP contribution >= 0.6 is 23.2 Å². The van der Waals surface area contributed by atoms with Crippen LogP contribution < -0.4 is 10.2 Å². The molecule has 0 amide bonds. The topological polar surface area (TPSA) is 60.7 Å². The summed E-state index contributed by atoms with van der Waals surface area (Å²) in [5, 5.41) is 5.42. The minimum Gasteiger partial charge on any atom is -0.464 e. The lowest BCUT2D eigenvalue weighted by Crippen LogP contribution is -2.52. The third kappa shape index (κ3) is 5.14. The number of hydrogen-bond acceptors (Lipinski definition) is 7. The maximum Gasteiger partial charge on any atom is 0.227 e. The van der Waals surface area contributed by atoms with Gasteiger partial charge in [-0.15, -0.1) is 0 Å². The van der Waals surface area contributed by atoms with Gasteiger partial charge in [0.1, 0.15) is 11.8 Å². The van der Waals surface area contributed by atoms with Crippen LogP contribution in [-0.4, -0.2) is 72.1 Å². The van der Waals surface area contributed by atoms with Crippen LogP contribution in [0.1, 0.15) is 12.8 Å². The Morgan fingerprint density at radius 3 is 2.51 bits per heavy atom. The Balaban J connectivity index is 1.14. The van der Waals surface area contributed by atoms with E-state index in [-0.39, 0.29) is 0 Å². The van der Waals surface area contributed by atoms with Crippen molar-refractivity contribution in [3.05, 3.63) is 65.0 Å². The predicted octanol–water partition coefficient (Wildman–Crippen LogP) is 6.16. The van der Waals surface area contributed by atoms with Gasteiger partial charge in [-0.1, -0.05) is 41.4 Å². The van der Waals surface area contributed by atoms with E-state index >= 15 is 0 Å². The van der Waals surface area contributed by atoms with E-state index in [1.165, 1.54) is 25.9 Å². The second-order valence-electron chi connectivity index (χ2n) is 9.88. The quantitative estimate of drug-likeness (QED) is 0.327. The number of para-hydroxylation sites is 1. The average molecular weight is 537 g/mol. The summed E-state index contributed by atoms with van der Waals surface area (Å²) in [5.41, 5.74) is 4.14. The fraction of sp³-hybridized carbons (Fsp3) is 0.357. The highest BCUT2D eigenvalue weighted by atomic mass is 35.5. The number of anilines is 3. The SMILES string of the molecule is CN1CCN(C2CCN(c3ccc(Nc4ncc(Cl)c(-c5coc6ccccc56)n4)cc3Cl)CC2)CC1. The van der Waals surface area contributed by atoms with Crippen LogP contribution in [0.15, 0.2) is 59.3 Å². The molecule has 2 aliphatic rings. The van der Waals surface area contributed by atoms with E-state index in [1.807, 2.05) is 36.4 Å². The van der Waals surface area contributed by atoms with E-state index in [9.17, 15) is 0 Å². The van der Waals surface area contributed by atoms with Crippen LogP contribution in [0.2, 0.25) is 10.0 Å². The number of likely N-dealkylation sites (N-methyl/N-ethyl adjacent to an activating group) is 1. The lowest BCUT2D eigenvalue weighted by molar-refractivity contribution is 0.0982. The Morgan fingerprint density at radius 2 is 1.73 bits per heavy atom. The number of nitrogens with one attached hydrogen (secondary N) is 1. The first kappa shape index (κ1) is 24.5. The summed E-state index contributed by atoms with van der Waals surface area (Å²) < 4.78 is 5.68. The smallest absolute Gasteiger partial charge is 0.227 e. The van der Waals surface area contributed by atoms with Gasteiger partial charge in [0.2, 0.25) is 5.95 Å². The van der Waals surface area contributed by atoms with Gasteiger partial charge < -0.3 is 19.5 Å². The van der Waals surface area contributed by atoms with E-state index in [4.69, 9.17) is 27.6 Å². The van der Waals surface area contributed by atoms with Crippen LogP contribution in [-0.2, 0) is 0 Å². The number of benzene rings is 2. The molecule has 4 aromatic rings. The molecule has 0 aliphatic carbocycles. The number of nitrogens with zero attached hydrogens (tertiary/aromatic N) is 5. The predicted molar refractivity (Wildman–Crippen MR) is 151 cm³/mol. The van der Waals surface area contributed by atoms with Gasteiger partial charge >= 0.3 is 0 Å². The Bertz CT molecular complexity index is 1390. The average Bonchev–Trinajstić information content (AvgIpc) is 3.35. The number of halogens is 2. The zero-order chi connectivity index (χ0) is 25.4. The number of hydrogen-bond donors (Lipinski definition) is 1. The van der Waals surface area contributed by atoms with Gasteiger partial charge in [0.05, 0.1) is 27.6 Å². The van der Waals surface area contributed by atoms with E-state index in [1.54, 1.807) is 12.5 Å². The van der Waals surface area contributed by atoms with Crippen molar-refractivity contribution >= 4 is 51.5 Å². The fourth-order valence-corrected chi connectivity index (χ4v) is 5.90. The van der Waals surface area contributed by atoms with Crippen LogP contribution in [0.3, 0.4) is 0 Å². The van der Waals surface area contributed by atoms with Crippen LogP contribution in [0.5, 0.6) is 0 Å². The summed E-state index contributed by atoms with van der Waals surface area (Å²) in [6.07, 6.45) is 5.63. The molecule has 37 heavy (non-hydrogen) atoms. The summed E-state index contributed by atoms with van der Waals surface area (Å²) in [6.45, 7) is 6.72. The molecule has 0 bridgehead atoms. The number of piperidine rings is 1. The Morgan fingerprint density at radius 1 is 0.946 bits per heavy atom. The number of piperazine rings is 1. The van der Waals surface area contributed by atoms with E-state index < -0.39 is 0 Å². The van der Waals surface area contributed by atoms with Crippen LogP contribution in [0.25, 0.3) is 22.2 Å². The third-order valence-electron chi connectivity index (χ3n) is 7.54.